The minimum Gasteiger partial charge on any atom is -0.347 e. The van der Waals surface area contributed by atoms with Crippen molar-refractivity contribution in [2.24, 2.45) is 5.73 Å². The van der Waals surface area contributed by atoms with E-state index < -0.39 is 0 Å². The van der Waals surface area contributed by atoms with Crippen LogP contribution in [0.2, 0.25) is 0 Å². The van der Waals surface area contributed by atoms with Crippen LogP contribution < -0.4 is 11.1 Å². The molecule has 0 aliphatic rings. The van der Waals surface area contributed by atoms with Crippen LogP contribution >= 0.6 is 12.6 Å². The van der Waals surface area contributed by atoms with Gasteiger partial charge < -0.3 is 11.1 Å². The first-order valence-corrected chi connectivity index (χ1v) is 3.62. The van der Waals surface area contributed by atoms with Crippen LogP contribution in [0.25, 0.3) is 0 Å². The van der Waals surface area contributed by atoms with Gasteiger partial charge >= 0.3 is 0 Å². The monoisotopic (exact) mass is 162 g/mol. The van der Waals surface area contributed by atoms with E-state index in [0.29, 0.717) is 6.54 Å². The van der Waals surface area contributed by atoms with E-state index in [1.165, 1.54) is 0 Å². The van der Waals surface area contributed by atoms with Crippen LogP contribution in [-0.2, 0) is 0 Å². The van der Waals surface area contributed by atoms with E-state index in [4.69, 9.17) is 5.73 Å². The molecule has 0 radical (unpaired) electrons. The second-order valence-electron chi connectivity index (χ2n) is 2.97. The Labute approximate surface area is 66.8 Å². The molecule has 0 aliphatic carbocycles. The summed E-state index contributed by atoms with van der Waals surface area (Å²) in [5.74, 6) is 0. The van der Waals surface area contributed by atoms with Crippen LogP contribution in [0.3, 0.4) is 0 Å². The zero-order valence-corrected chi connectivity index (χ0v) is 7.24. The number of carbonyl (C=O) groups excluding carboxylic acids is 1. The van der Waals surface area contributed by atoms with Gasteiger partial charge in [-0.25, -0.2) is 0 Å². The average Bonchev–Trinajstić information content (AvgIpc) is 1.59. The minimum absolute atomic E-state index is 0.212. The molecule has 0 saturated heterocycles. The summed E-state index contributed by atoms with van der Waals surface area (Å²) >= 11 is 3.54. The quantitative estimate of drug-likeness (QED) is 0.536. The summed E-state index contributed by atoms with van der Waals surface area (Å²) in [7, 11) is 0. The van der Waals surface area contributed by atoms with Crippen LogP contribution in [0, 0.1) is 0 Å². The van der Waals surface area contributed by atoms with Crippen LogP contribution in [0.1, 0.15) is 20.3 Å². The summed E-state index contributed by atoms with van der Waals surface area (Å²) in [6, 6.07) is 0. The normalized spacial score (nSPS) is 11.2. The van der Waals surface area contributed by atoms with E-state index in [9.17, 15) is 4.79 Å². The lowest BCUT2D eigenvalue weighted by atomic mass is 10.0. The number of nitrogens with two attached hydrogens (primary N) is 1. The number of thiol groups is 1. The first-order chi connectivity index (χ1) is 4.42. The van der Waals surface area contributed by atoms with Crippen molar-refractivity contribution in [3.8, 4) is 0 Å². The molecule has 10 heavy (non-hydrogen) atoms. The molecule has 0 aromatic heterocycles. The van der Waals surface area contributed by atoms with Gasteiger partial charge in [-0.1, -0.05) is 12.6 Å². The van der Waals surface area contributed by atoms with E-state index in [1.54, 1.807) is 0 Å². The maximum Gasteiger partial charge on any atom is 0.275 e. The van der Waals surface area contributed by atoms with Crippen molar-refractivity contribution in [1.82, 2.24) is 5.32 Å². The Bertz CT molecular complexity index is 119. The van der Waals surface area contributed by atoms with E-state index in [-0.39, 0.29) is 10.8 Å². The standard InChI is InChI=1S/C6H14N2OS/c1-6(2,7)3-4-8-5(9)10/h3-4,7H2,1-2H3,(H2,8,9,10). The molecule has 0 unspecified atom stereocenters. The molecule has 4 heteroatoms. The molecule has 0 heterocycles. The zero-order chi connectivity index (χ0) is 8.20. The fourth-order valence-corrected chi connectivity index (χ4v) is 0.603. The number of nitrogens with one attached hydrogen (secondary N) is 1. The van der Waals surface area contributed by atoms with Crippen LogP contribution in [0.15, 0.2) is 0 Å². The predicted molar refractivity (Wildman–Crippen MR) is 45.3 cm³/mol. The molecule has 3 nitrogen and oxygen atoms in total. The smallest absolute Gasteiger partial charge is 0.275 e. The van der Waals surface area contributed by atoms with Gasteiger partial charge in [0.05, 0.1) is 0 Å². The molecule has 3 N–H and O–H groups in total. The largest absolute Gasteiger partial charge is 0.347 e. The van der Waals surface area contributed by atoms with Gasteiger partial charge in [0.2, 0.25) is 0 Å². The molecule has 0 atom stereocenters. The fraction of sp³-hybridized carbons (Fsp3) is 0.833. The molecule has 0 aromatic carbocycles. The topological polar surface area (TPSA) is 55.1 Å². The van der Waals surface area contributed by atoms with Crippen LogP contribution in [0.5, 0.6) is 0 Å². The molecule has 0 spiro atoms. The first kappa shape index (κ1) is 9.78. The Morgan fingerprint density at radius 2 is 2.20 bits per heavy atom. The number of hydrogen-bond donors (Lipinski definition) is 3. The summed E-state index contributed by atoms with van der Waals surface area (Å²) < 4.78 is 0. The van der Waals surface area contributed by atoms with Gasteiger partial charge in [0, 0.05) is 12.1 Å². The highest BCUT2D eigenvalue weighted by atomic mass is 32.1. The summed E-state index contributed by atoms with van der Waals surface area (Å²) in [6.45, 7) is 4.42. The van der Waals surface area contributed by atoms with Crippen molar-refractivity contribution in [2.45, 2.75) is 25.8 Å². The average molecular weight is 162 g/mol. The highest BCUT2D eigenvalue weighted by Crippen LogP contribution is 2.00. The summed E-state index contributed by atoms with van der Waals surface area (Å²) in [5.41, 5.74) is 5.43. The molecular formula is C6H14N2OS. The highest BCUT2D eigenvalue weighted by molar-refractivity contribution is 7.96. The van der Waals surface area contributed by atoms with Gasteiger partial charge in [-0.2, -0.15) is 0 Å². The van der Waals surface area contributed by atoms with Crippen molar-refractivity contribution < 1.29 is 4.79 Å². The van der Waals surface area contributed by atoms with Crippen molar-refractivity contribution in [1.29, 1.82) is 0 Å². The summed E-state index contributed by atoms with van der Waals surface area (Å²) in [4.78, 5) is 10.2. The number of carbonyl (C=O) groups is 1. The Morgan fingerprint density at radius 3 is 2.50 bits per heavy atom. The molecule has 0 aromatic rings. The molecule has 1 amide bonds. The summed E-state index contributed by atoms with van der Waals surface area (Å²) in [6.07, 6.45) is 0.763. The van der Waals surface area contributed by atoms with E-state index in [2.05, 4.69) is 17.9 Å². The fourth-order valence-electron chi connectivity index (χ4n) is 0.492. The molecule has 0 aliphatic heterocycles. The Kier molecular flexibility index (Phi) is 3.75. The zero-order valence-electron chi connectivity index (χ0n) is 6.35. The second-order valence-corrected chi connectivity index (χ2v) is 3.38. The lowest BCUT2D eigenvalue weighted by molar-refractivity contribution is 0.260. The van der Waals surface area contributed by atoms with Crippen molar-refractivity contribution >= 4 is 17.9 Å². The van der Waals surface area contributed by atoms with Gasteiger partial charge in [-0.3, -0.25) is 4.79 Å². The maximum atomic E-state index is 10.2. The van der Waals surface area contributed by atoms with Crippen molar-refractivity contribution in [2.75, 3.05) is 6.54 Å². The molecule has 0 fully saturated rings. The van der Waals surface area contributed by atoms with Gasteiger partial charge in [0.1, 0.15) is 0 Å². The first-order valence-electron chi connectivity index (χ1n) is 3.17. The van der Waals surface area contributed by atoms with Gasteiger partial charge in [0.25, 0.3) is 5.24 Å². The highest BCUT2D eigenvalue weighted by Gasteiger charge is 2.09. The molecular weight excluding hydrogens is 148 g/mol. The number of rotatable bonds is 3. The molecule has 60 valence electrons. The van der Waals surface area contributed by atoms with Crippen LogP contribution in [-0.4, -0.2) is 17.3 Å². The Hall–Kier alpha value is -0.220. The van der Waals surface area contributed by atoms with Crippen molar-refractivity contribution in [3.63, 3.8) is 0 Å². The van der Waals surface area contributed by atoms with Gasteiger partial charge in [-0.15, -0.1) is 0 Å². The van der Waals surface area contributed by atoms with Gasteiger partial charge in [-0.05, 0) is 20.3 Å². The van der Waals surface area contributed by atoms with Crippen molar-refractivity contribution in [3.05, 3.63) is 0 Å². The third kappa shape index (κ3) is 7.78. The van der Waals surface area contributed by atoms with Gasteiger partial charge in [0.15, 0.2) is 0 Å². The van der Waals surface area contributed by atoms with E-state index in [0.717, 1.165) is 6.42 Å². The van der Waals surface area contributed by atoms with Crippen LogP contribution in [0.4, 0.5) is 4.79 Å². The number of hydrogen-bond acceptors (Lipinski definition) is 2. The lowest BCUT2D eigenvalue weighted by Gasteiger charge is -2.17. The molecule has 0 rings (SSSR count). The molecule has 0 saturated carbocycles. The maximum absolute atomic E-state index is 10.2. The second kappa shape index (κ2) is 3.83. The molecule has 0 bridgehead atoms. The third-order valence-corrected chi connectivity index (χ3v) is 1.20. The summed E-state index contributed by atoms with van der Waals surface area (Å²) in [5, 5.41) is 2.25. The SMILES string of the molecule is CC(C)(N)CCNC(=O)S. The third-order valence-electron chi connectivity index (χ3n) is 1.05. The number of amides is 1. The van der Waals surface area contributed by atoms with E-state index >= 15 is 0 Å². The lowest BCUT2D eigenvalue weighted by Crippen LogP contribution is -2.36. The predicted octanol–water partition coefficient (Wildman–Crippen LogP) is 0.753. The Balaban J connectivity index is 3.29. The minimum atomic E-state index is -0.302. The Morgan fingerprint density at radius 1 is 1.70 bits per heavy atom. The van der Waals surface area contributed by atoms with E-state index in [1.807, 2.05) is 13.8 Å².